The Morgan fingerprint density at radius 2 is 2.07 bits per heavy atom. The summed E-state index contributed by atoms with van der Waals surface area (Å²) in [4.78, 5) is 0. The van der Waals surface area contributed by atoms with Crippen LogP contribution >= 0.6 is 0 Å². The summed E-state index contributed by atoms with van der Waals surface area (Å²) in [5.74, 6) is 2.10. The first-order valence-electron chi connectivity index (χ1n) is 5.89. The van der Waals surface area contributed by atoms with E-state index in [1.807, 2.05) is 27.0 Å². The molecule has 2 nitrogen and oxygen atoms in total. The van der Waals surface area contributed by atoms with E-state index in [0.29, 0.717) is 0 Å². The summed E-state index contributed by atoms with van der Waals surface area (Å²) in [6, 6.07) is 0. The lowest BCUT2D eigenvalue weighted by atomic mass is 10.2. The van der Waals surface area contributed by atoms with Crippen LogP contribution in [0.1, 0.15) is 46.5 Å². The summed E-state index contributed by atoms with van der Waals surface area (Å²) in [5, 5.41) is 3.15. The van der Waals surface area contributed by atoms with Crippen LogP contribution in [0.4, 0.5) is 0 Å². The van der Waals surface area contributed by atoms with E-state index in [2.05, 4.69) is 18.3 Å². The maximum atomic E-state index is 5.72. The van der Waals surface area contributed by atoms with Crippen LogP contribution in [0, 0.1) is 0 Å². The van der Waals surface area contributed by atoms with Crippen LogP contribution in [0.2, 0.25) is 0 Å². The Hall–Kier alpha value is -0.760. The van der Waals surface area contributed by atoms with E-state index >= 15 is 0 Å². The Labute approximate surface area is 94.4 Å². The van der Waals surface area contributed by atoms with Gasteiger partial charge in [0.1, 0.15) is 0 Å². The topological polar surface area (TPSA) is 21.3 Å². The Bertz CT molecular complexity index is 207. The van der Waals surface area contributed by atoms with Gasteiger partial charge in [-0.15, -0.1) is 0 Å². The largest absolute Gasteiger partial charge is 0.467 e. The fourth-order valence-corrected chi connectivity index (χ4v) is 1.29. The monoisotopic (exact) mass is 211 g/mol. The van der Waals surface area contributed by atoms with Crippen molar-refractivity contribution in [2.24, 2.45) is 0 Å². The molecule has 0 rings (SSSR count). The van der Waals surface area contributed by atoms with Crippen molar-refractivity contribution in [3.63, 3.8) is 0 Å². The van der Waals surface area contributed by atoms with Gasteiger partial charge >= 0.3 is 0 Å². The lowest BCUT2D eigenvalue weighted by molar-refractivity contribution is 0.286. The molecule has 0 fully saturated rings. The summed E-state index contributed by atoms with van der Waals surface area (Å²) in [6.45, 7) is 7.22. The molecule has 0 aromatic rings. The first kappa shape index (κ1) is 14.2. The zero-order valence-electron chi connectivity index (χ0n) is 10.6. The Morgan fingerprint density at radius 3 is 2.60 bits per heavy atom. The second-order valence-electron chi connectivity index (χ2n) is 3.64. The first-order valence-corrected chi connectivity index (χ1v) is 5.89. The van der Waals surface area contributed by atoms with E-state index in [1.54, 1.807) is 0 Å². The van der Waals surface area contributed by atoms with E-state index in [0.717, 1.165) is 30.9 Å². The molecule has 0 bridgehead atoms. The third-order valence-corrected chi connectivity index (χ3v) is 2.23. The van der Waals surface area contributed by atoms with Crippen molar-refractivity contribution in [2.45, 2.75) is 46.5 Å². The van der Waals surface area contributed by atoms with Gasteiger partial charge in [-0.05, 0) is 58.9 Å². The molecular weight excluding hydrogens is 186 g/mol. The van der Waals surface area contributed by atoms with E-state index in [4.69, 9.17) is 4.74 Å². The fourth-order valence-electron chi connectivity index (χ4n) is 1.29. The molecule has 0 unspecified atom stereocenters. The van der Waals surface area contributed by atoms with Gasteiger partial charge in [0.15, 0.2) is 0 Å². The van der Waals surface area contributed by atoms with Gasteiger partial charge in [-0.2, -0.15) is 0 Å². The molecule has 2 heteroatoms. The minimum atomic E-state index is 0.989. The van der Waals surface area contributed by atoms with E-state index in [9.17, 15) is 0 Å². The molecule has 0 aromatic carbocycles. The predicted molar refractivity (Wildman–Crippen MR) is 66.7 cm³/mol. The van der Waals surface area contributed by atoms with Crippen LogP contribution in [0.5, 0.6) is 0 Å². The van der Waals surface area contributed by atoms with Crippen LogP contribution in [-0.2, 0) is 4.74 Å². The minimum Gasteiger partial charge on any atom is -0.467 e. The van der Waals surface area contributed by atoms with Crippen molar-refractivity contribution in [2.75, 3.05) is 13.6 Å². The number of hydrogen-bond donors (Lipinski definition) is 1. The van der Waals surface area contributed by atoms with E-state index in [-0.39, 0.29) is 0 Å². The SMILES string of the molecule is C/C=C(/C)O/C(=C/CC)CCCCNC. The van der Waals surface area contributed by atoms with Crippen LogP contribution in [0.3, 0.4) is 0 Å². The van der Waals surface area contributed by atoms with Crippen molar-refractivity contribution >= 4 is 0 Å². The Balaban J connectivity index is 3.90. The summed E-state index contributed by atoms with van der Waals surface area (Å²) >= 11 is 0. The number of nitrogens with one attached hydrogen (secondary N) is 1. The van der Waals surface area contributed by atoms with Crippen molar-refractivity contribution in [1.29, 1.82) is 0 Å². The molecule has 0 radical (unpaired) electrons. The van der Waals surface area contributed by atoms with Crippen LogP contribution in [0.25, 0.3) is 0 Å². The van der Waals surface area contributed by atoms with Crippen molar-refractivity contribution in [1.82, 2.24) is 5.32 Å². The van der Waals surface area contributed by atoms with Crippen molar-refractivity contribution < 1.29 is 4.74 Å². The molecule has 0 spiro atoms. The lowest BCUT2D eigenvalue weighted by Crippen LogP contribution is -2.07. The van der Waals surface area contributed by atoms with Gasteiger partial charge in [0.2, 0.25) is 0 Å². The number of ether oxygens (including phenoxy) is 1. The lowest BCUT2D eigenvalue weighted by Gasteiger charge is -2.10. The number of rotatable bonds is 8. The van der Waals surface area contributed by atoms with Gasteiger partial charge in [-0.3, -0.25) is 0 Å². The van der Waals surface area contributed by atoms with Gasteiger partial charge in [0.05, 0.1) is 11.5 Å². The number of unbranched alkanes of at least 4 members (excludes halogenated alkanes) is 1. The highest BCUT2D eigenvalue weighted by atomic mass is 16.5. The standard InChI is InChI=1S/C13H25NO/c1-5-9-13(15-12(3)6-2)10-7-8-11-14-4/h6,9,14H,5,7-8,10-11H2,1-4H3/b12-6-,13-9+. The van der Waals surface area contributed by atoms with Crippen LogP contribution < -0.4 is 5.32 Å². The second kappa shape index (κ2) is 9.78. The van der Waals surface area contributed by atoms with E-state index < -0.39 is 0 Å². The van der Waals surface area contributed by atoms with Gasteiger partial charge in [0.25, 0.3) is 0 Å². The molecule has 0 atom stereocenters. The summed E-state index contributed by atoms with van der Waals surface area (Å²) in [6.07, 6.45) is 8.64. The second-order valence-corrected chi connectivity index (χ2v) is 3.64. The molecule has 0 aliphatic heterocycles. The summed E-state index contributed by atoms with van der Waals surface area (Å²) < 4.78 is 5.72. The molecule has 0 aromatic heterocycles. The van der Waals surface area contributed by atoms with Gasteiger partial charge < -0.3 is 10.1 Å². The average molecular weight is 211 g/mol. The molecule has 15 heavy (non-hydrogen) atoms. The third kappa shape index (κ3) is 8.25. The zero-order chi connectivity index (χ0) is 11.5. The molecule has 88 valence electrons. The Kier molecular flexibility index (Phi) is 9.29. The molecule has 0 aliphatic rings. The van der Waals surface area contributed by atoms with Gasteiger partial charge in [-0.1, -0.05) is 6.92 Å². The highest BCUT2D eigenvalue weighted by Crippen LogP contribution is 2.14. The molecule has 0 amide bonds. The number of hydrogen-bond acceptors (Lipinski definition) is 2. The zero-order valence-corrected chi connectivity index (χ0v) is 10.6. The van der Waals surface area contributed by atoms with Gasteiger partial charge in [-0.25, -0.2) is 0 Å². The first-order chi connectivity index (χ1) is 7.24. The summed E-state index contributed by atoms with van der Waals surface area (Å²) in [7, 11) is 1.99. The molecular formula is C13H25NO. The maximum absolute atomic E-state index is 5.72. The fraction of sp³-hybridized carbons (Fsp3) is 0.692. The third-order valence-electron chi connectivity index (χ3n) is 2.23. The number of allylic oxidation sites excluding steroid dienone is 4. The van der Waals surface area contributed by atoms with Crippen molar-refractivity contribution in [3.05, 3.63) is 23.7 Å². The minimum absolute atomic E-state index is 0.989. The highest BCUT2D eigenvalue weighted by molar-refractivity contribution is 4.99. The van der Waals surface area contributed by atoms with Crippen LogP contribution in [-0.4, -0.2) is 13.6 Å². The highest BCUT2D eigenvalue weighted by Gasteiger charge is 1.99. The summed E-state index contributed by atoms with van der Waals surface area (Å²) in [5.41, 5.74) is 0. The molecule has 1 N–H and O–H groups in total. The predicted octanol–water partition coefficient (Wildman–Crippen LogP) is 3.61. The molecule has 0 saturated heterocycles. The van der Waals surface area contributed by atoms with Crippen LogP contribution in [0.15, 0.2) is 23.7 Å². The quantitative estimate of drug-likeness (QED) is 0.489. The Morgan fingerprint density at radius 1 is 1.33 bits per heavy atom. The molecule has 0 aliphatic carbocycles. The molecule has 0 saturated carbocycles. The van der Waals surface area contributed by atoms with E-state index in [1.165, 1.54) is 12.8 Å². The average Bonchev–Trinajstić information content (AvgIpc) is 2.24. The molecule has 0 heterocycles. The normalized spacial score (nSPS) is 13.1. The maximum Gasteiger partial charge on any atom is 0.0995 e. The van der Waals surface area contributed by atoms with Gasteiger partial charge in [0, 0.05) is 6.42 Å². The smallest absolute Gasteiger partial charge is 0.0995 e. The van der Waals surface area contributed by atoms with Crippen molar-refractivity contribution in [3.8, 4) is 0 Å².